The van der Waals surface area contributed by atoms with Crippen molar-refractivity contribution in [1.29, 1.82) is 0 Å². The van der Waals surface area contributed by atoms with Crippen LogP contribution in [-0.4, -0.2) is 59.1 Å². The maximum Gasteiger partial charge on any atom is 0.281 e. The summed E-state index contributed by atoms with van der Waals surface area (Å²) in [5.74, 6) is 2.75. The lowest BCUT2D eigenvalue weighted by atomic mass is 10.2. The SMILES string of the molecule is CCN1C(=O)c2c(nc(NC3CCCC3)n2Cc2ccc(OC)c(Cl)c2)N2CCCN=C12. The van der Waals surface area contributed by atoms with E-state index in [1.54, 1.807) is 12.0 Å². The van der Waals surface area contributed by atoms with E-state index in [2.05, 4.69) is 15.2 Å². The molecule has 170 valence electrons. The molecule has 2 aliphatic heterocycles. The van der Waals surface area contributed by atoms with Crippen molar-refractivity contribution in [2.24, 2.45) is 4.99 Å². The molecule has 1 saturated carbocycles. The number of guanidine groups is 1. The number of ether oxygens (including phenoxy) is 1. The summed E-state index contributed by atoms with van der Waals surface area (Å²) >= 11 is 6.39. The molecule has 3 heterocycles. The first-order chi connectivity index (χ1) is 15.6. The normalized spacial score (nSPS) is 18.5. The second kappa shape index (κ2) is 8.65. The van der Waals surface area contributed by atoms with Crippen LogP contribution < -0.4 is 15.0 Å². The van der Waals surface area contributed by atoms with Gasteiger partial charge in [-0.05, 0) is 43.9 Å². The van der Waals surface area contributed by atoms with Gasteiger partial charge in [0.2, 0.25) is 11.9 Å². The third kappa shape index (κ3) is 3.60. The average molecular weight is 457 g/mol. The molecule has 2 aromatic rings. The number of fused-ring (bicyclic) bond motifs is 3. The summed E-state index contributed by atoms with van der Waals surface area (Å²) < 4.78 is 7.31. The second-order valence-electron chi connectivity index (χ2n) is 8.52. The smallest absolute Gasteiger partial charge is 0.281 e. The van der Waals surface area contributed by atoms with Crippen molar-refractivity contribution >= 4 is 35.2 Å². The Morgan fingerprint density at radius 3 is 2.78 bits per heavy atom. The van der Waals surface area contributed by atoms with Crippen LogP contribution in [0.25, 0.3) is 0 Å². The molecule has 1 aromatic carbocycles. The van der Waals surface area contributed by atoms with Crippen LogP contribution in [-0.2, 0) is 6.54 Å². The van der Waals surface area contributed by atoms with Gasteiger partial charge in [0.1, 0.15) is 5.75 Å². The van der Waals surface area contributed by atoms with Crippen molar-refractivity contribution in [3.05, 3.63) is 34.5 Å². The molecule has 1 aliphatic carbocycles. The van der Waals surface area contributed by atoms with E-state index in [-0.39, 0.29) is 5.91 Å². The highest BCUT2D eigenvalue weighted by atomic mass is 35.5. The molecule has 9 heteroatoms. The molecular formula is C23H29ClN6O2. The van der Waals surface area contributed by atoms with E-state index in [0.29, 0.717) is 41.4 Å². The van der Waals surface area contributed by atoms with Gasteiger partial charge in [-0.1, -0.05) is 30.5 Å². The number of aromatic nitrogens is 2. The summed E-state index contributed by atoms with van der Waals surface area (Å²) in [6.45, 7) is 4.59. The molecule has 0 unspecified atom stereocenters. The Morgan fingerprint density at radius 1 is 1.25 bits per heavy atom. The number of rotatable bonds is 6. The van der Waals surface area contributed by atoms with Crippen LogP contribution in [0, 0.1) is 0 Å². The van der Waals surface area contributed by atoms with Gasteiger partial charge in [0.15, 0.2) is 11.5 Å². The van der Waals surface area contributed by atoms with Gasteiger partial charge >= 0.3 is 0 Å². The summed E-state index contributed by atoms with van der Waals surface area (Å²) in [6, 6.07) is 6.12. The Balaban J connectivity index is 1.60. The number of hydrogen-bond donors (Lipinski definition) is 1. The number of amides is 1. The van der Waals surface area contributed by atoms with Crippen molar-refractivity contribution < 1.29 is 9.53 Å². The number of methoxy groups -OCH3 is 1. The molecule has 0 bridgehead atoms. The van der Waals surface area contributed by atoms with Gasteiger partial charge in [0, 0.05) is 25.7 Å². The summed E-state index contributed by atoms with van der Waals surface area (Å²) in [5.41, 5.74) is 1.60. The fourth-order valence-electron chi connectivity index (χ4n) is 4.88. The number of hydrogen-bond acceptors (Lipinski definition) is 6. The number of benzene rings is 1. The number of anilines is 2. The van der Waals surface area contributed by atoms with Crippen LogP contribution in [0.4, 0.5) is 11.8 Å². The Morgan fingerprint density at radius 2 is 2.06 bits per heavy atom. The Kier molecular flexibility index (Phi) is 5.71. The molecule has 0 radical (unpaired) electrons. The maximum absolute atomic E-state index is 13.6. The van der Waals surface area contributed by atoms with Crippen LogP contribution in [0.3, 0.4) is 0 Å². The number of aliphatic imine (C=N–C) groups is 1. The van der Waals surface area contributed by atoms with Crippen LogP contribution >= 0.6 is 11.6 Å². The minimum atomic E-state index is -0.0500. The van der Waals surface area contributed by atoms with E-state index in [1.807, 2.05) is 29.7 Å². The Hall–Kier alpha value is -2.74. The summed E-state index contributed by atoms with van der Waals surface area (Å²) in [6.07, 6.45) is 5.63. The topological polar surface area (TPSA) is 75.0 Å². The predicted octanol–water partition coefficient (Wildman–Crippen LogP) is 3.99. The summed E-state index contributed by atoms with van der Waals surface area (Å²) in [5, 5.41) is 4.18. The molecule has 0 atom stereocenters. The fourth-order valence-corrected chi connectivity index (χ4v) is 5.16. The molecule has 0 saturated heterocycles. The van der Waals surface area contributed by atoms with Crippen molar-refractivity contribution in [2.75, 3.05) is 37.0 Å². The van der Waals surface area contributed by atoms with Gasteiger partial charge in [0.05, 0.1) is 18.7 Å². The molecule has 5 rings (SSSR count). The summed E-state index contributed by atoms with van der Waals surface area (Å²) in [4.78, 5) is 27.1. The van der Waals surface area contributed by atoms with E-state index < -0.39 is 0 Å². The molecule has 3 aliphatic rings. The lowest BCUT2D eigenvalue weighted by Crippen LogP contribution is -2.54. The molecule has 0 spiro atoms. The maximum atomic E-state index is 13.6. The minimum absolute atomic E-state index is 0.0500. The number of imidazole rings is 1. The number of nitrogens with one attached hydrogen (secondary N) is 1. The molecule has 1 fully saturated rings. The fraction of sp³-hybridized carbons (Fsp3) is 0.522. The van der Waals surface area contributed by atoms with E-state index in [1.165, 1.54) is 12.8 Å². The third-order valence-electron chi connectivity index (χ3n) is 6.49. The van der Waals surface area contributed by atoms with Crippen LogP contribution in [0.5, 0.6) is 5.75 Å². The van der Waals surface area contributed by atoms with E-state index in [9.17, 15) is 4.79 Å². The molecule has 1 N–H and O–H groups in total. The Labute approximate surface area is 193 Å². The zero-order valence-electron chi connectivity index (χ0n) is 18.6. The van der Waals surface area contributed by atoms with Crippen molar-refractivity contribution in [1.82, 2.24) is 14.5 Å². The average Bonchev–Trinajstić information content (AvgIpc) is 3.43. The van der Waals surface area contributed by atoms with Gasteiger partial charge < -0.3 is 10.1 Å². The quantitative estimate of drug-likeness (QED) is 0.711. The van der Waals surface area contributed by atoms with Gasteiger partial charge in [0.25, 0.3) is 5.91 Å². The predicted molar refractivity (Wildman–Crippen MR) is 126 cm³/mol. The second-order valence-corrected chi connectivity index (χ2v) is 8.93. The van der Waals surface area contributed by atoms with E-state index >= 15 is 0 Å². The molecule has 32 heavy (non-hydrogen) atoms. The first-order valence-electron chi connectivity index (χ1n) is 11.4. The van der Waals surface area contributed by atoms with Crippen molar-refractivity contribution in [3.8, 4) is 5.75 Å². The van der Waals surface area contributed by atoms with Gasteiger partial charge in [-0.3, -0.25) is 24.2 Å². The highest BCUT2D eigenvalue weighted by molar-refractivity contribution is 6.32. The number of nitrogens with zero attached hydrogens (tertiary/aromatic N) is 5. The first kappa shape index (κ1) is 21.1. The lowest BCUT2D eigenvalue weighted by molar-refractivity contribution is 0.0834. The van der Waals surface area contributed by atoms with Gasteiger partial charge in [-0.2, -0.15) is 4.98 Å². The van der Waals surface area contributed by atoms with Crippen molar-refractivity contribution in [2.45, 2.75) is 51.6 Å². The molecule has 1 aromatic heterocycles. The zero-order valence-corrected chi connectivity index (χ0v) is 19.4. The lowest BCUT2D eigenvalue weighted by Gasteiger charge is -2.38. The van der Waals surface area contributed by atoms with Crippen LogP contribution in [0.15, 0.2) is 23.2 Å². The highest BCUT2D eigenvalue weighted by Gasteiger charge is 2.40. The molecule has 8 nitrogen and oxygen atoms in total. The number of halogens is 1. The zero-order chi connectivity index (χ0) is 22.2. The number of carbonyl (C=O) groups is 1. The van der Waals surface area contributed by atoms with E-state index in [4.69, 9.17) is 21.3 Å². The Bertz CT molecular complexity index is 1060. The van der Waals surface area contributed by atoms with E-state index in [0.717, 1.165) is 49.8 Å². The third-order valence-corrected chi connectivity index (χ3v) is 6.79. The minimum Gasteiger partial charge on any atom is -0.495 e. The molecule has 1 amide bonds. The number of carbonyl (C=O) groups excluding carboxylic acids is 1. The summed E-state index contributed by atoms with van der Waals surface area (Å²) in [7, 11) is 1.60. The van der Waals surface area contributed by atoms with Gasteiger partial charge in [-0.25, -0.2) is 0 Å². The largest absolute Gasteiger partial charge is 0.495 e. The van der Waals surface area contributed by atoms with Crippen molar-refractivity contribution in [3.63, 3.8) is 0 Å². The van der Waals surface area contributed by atoms with Gasteiger partial charge in [-0.15, -0.1) is 0 Å². The highest BCUT2D eigenvalue weighted by Crippen LogP contribution is 2.35. The monoisotopic (exact) mass is 456 g/mol. The standard InChI is InChI=1S/C23H29ClN6O2/c1-3-28-21(31)19-20(29-12-6-11-25-23(28)29)27-22(26-16-7-4-5-8-16)30(19)14-15-9-10-18(32-2)17(24)13-15/h9-10,13,16H,3-8,11-12,14H2,1-2H3,(H,26,27). The molecular weight excluding hydrogens is 428 g/mol. The van der Waals surface area contributed by atoms with Crippen LogP contribution in [0.1, 0.15) is 55.1 Å². The first-order valence-corrected chi connectivity index (χ1v) is 11.8. The van der Waals surface area contributed by atoms with Crippen LogP contribution in [0.2, 0.25) is 5.02 Å².